The number of hydrogen-bond donors (Lipinski definition) is 0. The first kappa shape index (κ1) is 48.1. The Morgan fingerprint density at radius 2 is 0.746 bits per heavy atom. The van der Waals surface area contributed by atoms with Crippen molar-refractivity contribution in [2.75, 3.05) is 22.3 Å². The van der Waals surface area contributed by atoms with Gasteiger partial charge in [-0.3, -0.25) is 0 Å². The van der Waals surface area contributed by atoms with Crippen LogP contribution in [-0.2, 0) is 10.9 Å². The Kier molecular flexibility index (Phi) is 12.8. The molecule has 71 heavy (non-hydrogen) atoms. The molecule has 0 saturated heterocycles. The third-order valence-electron chi connectivity index (χ3n) is 15.0. The van der Waals surface area contributed by atoms with Crippen LogP contribution in [0.1, 0.15) is 72.9 Å². The minimum Gasteiger partial charge on any atom is -0.309 e. The van der Waals surface area contributed by atoms with Crippen LogP contribution in [0.2, 0.25) is 19.6 Å². The lowest BCUT2D eigenvalue weighted by molar-refractivity contribution is 0.875. The Hall–Kier alpha value is -6.59. The largest absolute Gasteiger partial charge is 0.309 e. The van der Waals surface area contributed by atoms with Crippen LogP contribution in [0.5, 0.6) is 0 Å². The molecule has 357 valence electrons. The molecule has 0 unspecified atom stereocenters. The van der Waals surface area contributed by atoms with Crippen molar-refractivity contribution in [2.45, 2.75) is 91.8 Å². The van der Waals surface area contributed by atoms with Crippen LogP contribution in [0, 0.1) is 27.7 Å². The molecule has 0 fully saturated rings. The highest BCUT2D eigenvalue weighted by Gasteiger charge is 2.29. The van der Waals surface area contributed by atoms with E-state index >= 15 is 0 Å². The van der Waals surface area contributed by atoms with Gasteiger partial charge in [-0.05, 0) is 147 Å². The molecule has 0 amide bonds. The summed E-state index contributed by atoms with van der Waals surface area (Å²) >= 11 is 0. The van der Waals surface area contributed by atoms with Crippen LogP contribution >= 0.6 is 0 Å². The summed E-state index contributed by atoms with van der Waals surface area (Å²) in [5.41, 5.74) is 19.9. The van der Waals surface area contributed by atoms with E-state index in [0.29, 0.717) is 0 Å². The van der Waals surface area contributed by atoms with Crippen molar-refractivity contribution >= 4 is 90.6 Å². The molecule has 0 aliphatic rings. The first-order chi connectivity index (χ1) is 34.0. The minimum absolute atomic E-state index is 0.0713. The summed E-state index contributed by atoms with van der Waals surface area (Å²) in [6, 6.07) is 65.1. The standard InChI is InChI=1S/C67H69N2SSi/c1-42(2)58-40-64(68(62-38-52(70(9)10)30-26-46(62)7)60-36-50(28-24-44(60)5)48-20-16-14-17-21-48)56-34-32-55-59(43(3)4)41-65(57-35-33-54(58)66(56)67(55)57)69(63-39-53(71(11,12)13)31-27-47(63)8)61-37-51(29-25-45(61)6)49-22-18-15-19-23-49/h14-43H,1-13H3. The SMILES string of the molecule is Cc1ccc(-c2ccccc2)cc1N(c1cc([S+](C)C)ccc1C)c1cc(C(C)C)c2ccc3c(N(c4cc(-c5ccccc5)ccc4C)c4cc([Si-](C)(C)C)ccc4C)cc(C(C)C)c4ccc1c2c43. The zero-order chi connectivity index (χ0) is 50.0. The van der Waals surface area contributed by atoms with Gasteiger partial charge in [-0.15, -0.1) is 8.07 Å². The fraction of sp³-hybridized carbons (Fsp3) is 0.224. The summed E-state index contributed by atoms with van der Waals surface area (Å²) in [7, 11) is -1.64. The van der Waals surface area contributed by atoms with Crippen LogP contribution in [-0.4, -0.2) is 20.6 Å². The van der Waals surface area contributed by atoms with E-state index in [1.165, 1.54) is 132 Å². The highest BCUT2D eigenvalue weighted by Crippen LogP contribution is 2.53. The maximum atomic E-state index is 2.63. The van der Waals surface area contributed by atoms with Crippen molar-refractivity contribution < 1.29 is 0 Å². The summed E-state index contributed by atoms with van der Waals surface area (Å²) in [4.78, 5) is 6.61. The summed E-state index contributed by atoms with van der Waals surface area (Å²) < 4.78 is 0. The Morgan fingerprint density at radius 3 is 1.15 bits per heavy atom. The van der Waals surface area contributed by atoms with Gasteiger partial charge in [0, 0.05) is 44.8 Å². The molecule has 0 radical (unpaired) electrons. The van der Waals surface area contributed by atoms with Crippen LogP contribution in [0.15, 0.2) is 175 Å². The molecule has 0 bridgehead atoms. The highest BCUT2D eigenvalue weighted by atomic mass is 32.2. The number of nitrogens with zero attached hydrogens (tertiary/aromatic N) is 2. The summed E-state index contributed by atoms with van der Waals surface area (Å²) in [6.45, 7) is 26.0. The van der Waals surface area contributed by atoms with Crippen molar-refractivity contribution in [3.05, 3.63) is 203 Å². The van der Waals surface area contributed by atoms with Gasteiger partial charge >= 0.3 is 0 Å². The lowest BCUT2D eigenvalue weighted by Gasteiger charge is -2.35. The van der Waals surface area contributed by atoms with Gasteiger partial charge in [-0.1, -0.05) is 161 Å². The second kappa shape index (κ2) is 18.9. The number of aryl methyl sites for hydroxylation is 4. The van der Waals surface area contributed by atoms with Gasteiger partial charge in [0.25, 0.3) is 0 Å². The molecule has 0 heterocycles. The van der Waals surface area contributed by atoms with Crippen molar-refractivity contribution in [3.63, 3.8) is 0 Å². The summed E-state index contributed by atoms with van der Waals surface area (Å²) in [5.74, 6) is 0.551. The smallest absolute Gasteiger partial charge is 0.156 e. The van der Waals surface area contributed by atoms with Crippen molar-refractivity contribution in [2.24, 2.45) is 0 Å². The number of hydrogen-bond acceptors (Lipinski definition) is 2. The fourth-order valence-corrected chi connectivity index (χ4v) is 12.7. The summed E-state index contributed by atoms with van der Waals surface area (Å²) in [5, 5.41) is 9.34. The molecule has 0 N–H and O–H groups in total. The van der Waals surface area contributed by atoms with E-state index in [1.807, 2.05) is 0 Å². The normalized spacial score (nSPS) is 12.1. The van der Waals surface area contributed by atoms with Gasteiger partial charge in [0.15, 0.2) is 4.90 Å². The third kappa shape index (κ3) is 8.74. The number of rotatable bonds is 12. The molecule has 10 aromatic rings. The highest BCUT2D eigenvalue weighted by molar-refractivity contribution is 7.95. The zero-order valence-corrected chi connectivity index (χ0v) is 45.9. The van der Waals surface area contributed by atoms with Crippen LogP contribution in [0.3, 0.4) is 0 Å². The molecular weight excluding hydrogens is 893 g/mol. The van der Waals surface area contributed by atoms with Gasteiger partial charge < -0.3 is 9.80 Å². The number of benzene rings is 10. The van der Waals surface area contributed by atoms with E-state index in [9.17, 15) is 0 Å². The Morgan fingerprint density at radius 1 is 0.366 bits per heavy atom. The first-order valence-corrected chi connectivity index (χ1v) is 31.0. The van der Waals surface area contributed by atoms with E-state index in [0.717, 1.165) is 0 Å². The average Bonchev–Trinajstić information content (AvgIpc) is 3.35. The van der Waals surface area contributed by atoms with Crippen LogP contribution in [0.25, 0.3) is 54.6 Å². The quantitative estimate of drug-likeness (QED) is 0.0684. The van der Waals surface area contributed by atoms with E-state index in [-0.39, 0.29) is 22.7 Å². The van der Waals surface area contributed by atoms with E-state index in [4.69, 9.17) is 0 Å². The molecule has 0 aromatic heterocycles. The minimum atomic E-state index is -1.71. The van der Waals surface area contributed by atoms with Crippen molar-refractivity contribution in [3.8, 4) is 22.3 Å². The van der Waals surface area contributed by atoms with Gasteiger partial charge in [0.2, 0.25) is 0 Å². The molecule has 0 spiro atoms. The number of anilines is 6. The Labute approximate surface area is 427 Å². The molecule has 4 heteroatoms. The topological polar surface area (TPSA) is 6.48 Å². The average molecular weight is 962 g/mol. The predicted molar refractivity (Wildman–Crippen MR) is 318 cm³/mol. The maximum Gasteiger partial charge on any atom is 0.156 e. The zero-order valence-electron chi connectivity index (χ0n) is 44.1. The van der Waals surface area contributed by atoms with Crippen molar-refractivity contribution in [1.82, 2.24) is 0 Å². The van der Waals surface area contributed by atoms with Gasteiger partial charge in [-0.25, -0.2) is 0 Å². The summed E-state index contributed by atoms with van der Waals surface area (Å²) in [6.07, 6.45) is 4.67. The maximum absolute atomic E-state index is 2.63. The molecule has 2 nitrogen and oxygen atoms in total. The van der Waals surface area contributed by atoms with E-state index < -0.39 is 8.07 Å². The van der Waals surface area contributed by atoms with Crippen LogP contribution in [0.4, 0.5) is 34.1 Å². The van der Waals surface area contributed by atoms with Gasteiger partial charge in [-0.2, -0.15) is 24.8 Å². The molecule has 0 saturated carbocycles. The predicted octanol–water partition coefficient (Wildman–Crippen LogP) is 19.1. The lowest BCUT2D eigenvalue weighted by Crippen LogP contribution is -2.38. The van der Waals surface area contributed by atoms with Crippen molar-refractivity contribution in [1.29, 1.82) is 0 Å². The molecular formula is C67H69N2SSi. The second-order valence-corrected chi connectivity index (χ2v) is 29.0. The molecule has 10 rings (SSSR count). The lowest BCUT2D eigenvalue weighted by atomic mass is 9.83. The van der Waals surface area contributed by atoms with E-state index in [2.05, 4.69) is 267 Å². The Balaban J connectivity index is 1.35. The molecule has 0 aliphatic carbocycles. The van der Waals surface area contributed by atoms with Gasteiger partial charge in [0.1, 0.15) is 12.5 Å². The molecule has 0 aliphatic heterocycles. The second-order valence-electron chi connectivity index (χ2n) is 21.8. The fourth-order valence-electron chi connectivity index (χ4n) is 10.8. The first-order valence-electron chi connectivity index (χ1n) is 25.5. The molecule has 10 aromatic carbocycles. The third-order valence-corrected chi connectivity index (χ3v) is 18.2. The molecule has 0 atom stereocenters. The monoisotopic (exact) mass is 961 g/mol. The Bertz CT molecular complexity index is 3600. The van der Waals surface area contributed by atoms with Gasteiger partial charge in [0.05, 0.1) is 17.1 Å². The van der Waals surface area contributed by atoms with Crippen LogP contribution < -0.4 is 15.0 Å². The van der Waals surface area contributed by atoms with E-state index in [1.54, 1.807) is 0 Å².